The number of fused-ring (bicyclic) bond motifs is 1. The third kappa shape index (κ3) is 3.26. The van der Waals surface area contributed by atoms with E-state index in [2.05, 4.69) is 40.0 Å². The van der Waals surface area contributed by atoms with Gasteiger partial charge in [0.25, 0.3) is 0 Å². The van der Waals surface area contributed by atoms with Gasteiger partial charge in [0.2, 0.25) is 5.28 Å². The third-order valence-corrected chi connectivity index (χ3v) is 5.86. The van der Waals surface area contributed by atoms with E-state index in [0.717, 1.165) is 43.9 Å². The van der Waals surface area contributed by atoms with Crippen molar-refractivity contribution >= 4 is 17.4 Å². The lowest BCUT2D eigenvalue weighted by Crippen LogP contribution is -2.30. The Labute approximate surface area is 154 Å². The Kier molecular flexibility index (Phi) is 4.22. The van der Waals surface area contributed by atoms with Crippen molar-refractivity contribution in [2.75, 3.05) is 18.0 Å². The molecule has 0 aromatic carbocycles. The molecule has 2 aromatic rings. The van der Waals surface area contributed by atoms with Crippen molar-refractivity contribution in [3.05, 3.63) is 34.5 Å². The molecule has 2 aliphatic rings. The molecular formula is C19H26ClN5. The monoisotopic (exact) mass is 359 g/mol. The quantitative estimate of drug-likeness (QED) is 0.786. The molecule has 2 aromatic heterocycles. The van der Waals surface area contributed by atoms with Crippen LogP contribution in [0.25, 0.3) is 0 Å². The van der Waals surface area contributed by atoms with Gasteiger partial charge in [0, 0.05) is 37.3 Å². The topological polar surface area (TPSA) is 46.8 Å². The number of rotatable bonds is 3. The number of anilines is 1. The predicted molar refractivity (Wildman–Crippen MR) is 100 cm³/mol. The van der Waals surface area contributed by atoms with E-state index in [1.54, 1.807) is 0 Å². The number of aromatic nitrogens is 4. The minimum absolute atomic E-state index is 0.0871. The highest BCUT2D eigenvalue weighted by atomic mass is 35.5. The van der Waals surface area contributed by atoms with Crippen molar-refractivity contribution in [1.29, 1.82) is 0 Å². The maximum absolute atomic E-state index is 6.30. The van der Waals surface area contributed by atoms with E-state index in [-0.39, 0.29) is 5.41 Å². The summed E-state index contributed by atoms with van der Waals surface area (Å²) < 4.78 is 1.88. The molecule has 134 valence electrons. The van der Waals surface area contributed by atoms with Crippen molar-refractivity contribution in [2.24, 2.45) is 13.0 Å². The number of aryl methyl sites for hydroxylation is 1. The van der Waals surface area contributed by atoms with E-state index < -0.39 is 0 Å². The number of nitrogens with zero attached hydrogens (tertiary/aromatic N) is 5. The fourth-order valence-electron chi connectivity index (χ4n) is 4.42. The van der Waals surface area contributed by atoms with E-state index in [9.17, 15) is 0 Å². The van der Waals surface area contributed by atoms with Gasteiger partial charge in [-0.15, -0.1) is 0 Å². The van der Waals surface area contributed by atoms with Crippen molar-refractivity contribution in [1.82, 2.24) is 19.7 Å². The van der Waals surface area contributed by atoms with Crippen molar-refractivity contribution in [3.63, 3.8) is 0 Å². The Morgan fingerprint density at radius 3 is 2.92 bits per heavy atom. The van der Waals surface area contributed by atoms with Crippen LogP contribution in [0.5, 0.6) is 0 Å². The summed E-state index contributed by atoms with van der Waals surface area (Å²) in [6.45, 7) is 6.63. The molecule has 0 bridgehead atoms. The zero-order valence-corrected chi connectivity index (χ0v) is 16.1. The average molecular weight is 360 g/mol. The zero-order chi connectivity index (χ0) is 17.6. The average Bonchev–Trinajstić information content (AvgIpc) is 3.17. The molecule has 5 nitrogen and oxygen atoms in total. The largest absolute Gasteiger partial charge is 0.356 e. The molecule has 0 amide bonds. The molecule has 6 heteroatoms. The van der Waals surface area contributed by atoms with Crippen LogP contribution in [-0.2, 0) is 25.3 Å². The van der Waals surface area contributed by atoms with E-state index in [4.69, 9.17) is 11.6 Å². The lowest BCUT2D eigenvalue weighted by molar-refractivity contribution is 0.416. The first-order valence-electron chi connectivity index (χ1n) is 9.22. The summed E-state index contributed by atoms with van der Waals surface area (Å²) in [4.78, 5) is 11.7. The van der Waals surface area contributed by atoms with E-state index in [1.807, 2.05) is 17.9 Å². The van der Waals surface area contributed by atoms with Gasteiger partial charge in [-0.05, 0) is 55.2 Å². The molecule has 1 atom stereocenters. The number of hydrogen-bond acceptors (Lipinski definition) is 4. The fraction of sp³-hybridized carbons (Fsp3) is 0.632. The molecular weight excluding hydrogens is 334 g/mol. The van der Waals surface area contributed by atoms with Gasteiger partial charge < -0.3 is 4.90 Å². The van der Waals surface area contributed by atoms with Gasteiger partial charge in [-0.2, -0.15) is 5.10 Å². The fourth-order valence-corrected chi connectivity index (χ4v) is 4.59. The Bertz CT molecular complexity index is 782. The van der Waals surface area contributed by atoms with Gasteiger partial charge in [-0.1, -0.05) is 13.8 Å². The normalized spacial score (nSPS) is 22.2. The maximum Gasteiger partial charge on any atom is 0.224 e. The number of hydrogen-bond donors (Lipinski definition) is 0. The first-order valence-corrected chi connectivity index (χ1v) is 9.59. The van der Waals surface area contributed by atoms with Crippen molar-refractivity contribution in [3.8, 4) is 0 Å². The molecule has 1 fully saturated rings. The third-order valence-electron chi connectivity index (χ3n) is 5.70. The summed E-state index contributed by atoms with van der Waals surface area (Å²) in [5, 5.41) is 4.67. The lowest BCUT2D eigenvalue weighted by atomic mass is 9.76. The summed E-state index contributed by atoms with van der Waals surface area (Å²) in [5.41, 5.74) is 3.88. The van der Waals surface area contributed by atoms with Crippen LogP contribution in [0.15, 0.2) is 12.4 Å². The SMILES string of the molecule is Cn1cc(CC2CCN(c3nc(Cl)nc4c3CCCC4(C)C)C2)cn1. The highest BCUT2D eigenvalue weighted by molar-refractivity contribution is 6.28. The number of halogens is 1. The van der Waals surface area contributed by atoms with Crippen LogP contribution in [0.1, 0.15) is 49.9 Å². The summed E-state index contributed by atoms with van der Waals surface area (Å²) in [6.07, 6.45) is 9.80. The maximum atomic E-state index is 6.30. The molecule has 1 saturated heterocycles. The first-order chi connectivity index (χ1) is 11.9. The summed E-state index contributed by atoms with van der Waals surface area (Å²) in [6, 6.07) is 0. The molecule has 25 heavy (non-hydrogen) atoms. The molecule has 0 saturated carbocycles. The molecule has 0 spiro atoms. The zero-order valence-electron chi connectivity index (χ0n) is 15.3. The summed E-state index contributed by atoms with van der Waals surface area (Å²) >= 11 is 6.30. The Balaban J connectivity index is 1.57. The van der Waals surface area contributed by atoms with Gasteiger partial charge >= 0.3 is 0 Å². The minimum atomic E-state index is 0.0871. The second kappa shape index (κ2) is 6.27. The molecule has 0 N–H and O–H groups in total. The van der Waals surface area contributed by atoms with Crippen LogP contribution < -0.4 is 4.90 Å². The summed E-state index contributed by atoms with van der Waals surface area (Å²) in [5.74, 6) is 1.72. The standard InChI is InChI=1S/C19H26ClN5/c1-19(2)7-4-5-15-16(19)22-18(20)23-17(15)25-8-6-13(12-25)9-14-10-21-24(3)11-14/h10-11,13H,4-9,12H2,1-3H3. The lowest BCUT2D eigenvalue weighted by Gasteiger charge is -2.33. The Morgan fingerprint density at radius 1 is 1.32 bits per heavy atom. The van der Waals surface area contributed by atoms with Crippen LogP contribution in [0.2, 0.25) is 5.28 Å². The minimum Gasteiger partial charge on any atom is -0.356 e. The highest BCUT2D eigenvalue weighted by Crippen LogP contribution is 2.40. The van der Waals surface area contributed by atoms with Gasteiger partial charge in [0.05, 0.1) is 11.9 Å². The van der Waals surface area contributed by atoms with E-state index in [1.165, 1.54) is 24.0 Å². The van der Waals surface area contributed by atoms with Crippen molar-refractivity contribution < 1.29 is 0 Å². The molecule has 4 rings (SSSR count). The summed E-state index contributed by atoms with van der Waals surface area (Å²) in [7, 11) is 1.97. The smallest absolute Gasteiger partial charge is 0.224 e. The van der Waals surface area contributed by atoms with Gasteiger partial charge in [-0.25, -0.2) is 9.97 Å². The second-order valence-corrected chi connectivity index (χ2v) is 8.55. The van der Waals surface area contributed by atoms with Crippen LogP contribution in [0.3, 0.4) is 0 Å². The Hall–Kier alpha value is -1.62. The highest BCUT2D eigenvalue weighted by Gasteiger charge is 2.34. The van der Waals surface area contributed by atoms with E-state index >= 15 is 0 Å². The van der Waals surface area contributed by atoms with Crippen LogP contribution in [0.4, 0.5) is 5.82 Å². The molecule has 1 aliphatic heterocycles. The second-order valence-electron chi connectivity index (χ2n) is 8.21. The van der Waals surface area contributed by atoms with Gasteiger partial charge in [-0.3, -0.25) is 4.68 Å². The van der Waals surface area contributed by atoms with Gasteiger partial charge in [0.1, 0.15) is 5.82 Å². The van der Waals surface area contributed by atoms with Crippen molar-refractivity contribution in [2.45, 2.75) is 51.4 Å². The molecule has 0 radical (unpaired) electrons. The first kappa shape index (κ1) is 16.8. The van der Waals surface area contributed by atoms with Crippen LogP contribution in [-0.4, -0.2) is 32.8 Å². The predicted octanol–water partition coefficient (Wildman–Crippen LogP) is 3.55. The van der Waals surface area contributed by atoms with Gasteiger partial charge in [0.15, 0.2) is 0 Å². The Morgan fingerprint density at radius 2 is 2.16 bits per heavy atom. The molecule has 1 aliphatic carbocycles. The molecule has 3 heterocycles. The van der Waals surface area contributed by atoms with E-state index in [0.29, 0.717) is 11.2 Å². The van der Waals surface area contributed by atoms with Crippen LogP contribution >= 0.6 is 11.6 Å². The van der Waals surface area contributed by atoms with Crippen LogP contribution in [0, 0.1) is 5.92 Å². The molecule has 1 unspecified atom stereocenters.